The number of thiophene rings is 1. The molecule has 1 saturated carbocycles. The molecule has 1 fully saturated rings. The molecular formula is C21H26N2O2S. The van der Waals surface area contributed by atoms with Crippen molar-refractivity contribution in [3.8, 4) is 0 Å². The topological polar surface area (TPSA) is 58.2 Å². The first kappa shape index (κ1) is 18.6. The molecule has 1 aromatic heterocycles. The van der Waals surface area contributed by atoms with Gasteiger partial charge in [-0.15, -0.1) is 11.3 Å². The zero-order chi connectivity index (χ0) is 18.6. The molecule has 1 aromatic carbocycles. The predicted octanol–water partition coefficient (Wildman–Crippen LogP) is 4.32. The van der Waals surface area contributed by atoms with E-state index in [0.717, 1.165) is 24.0 Å². The third-order valence-electron chi connectivity index (χ3n) is 5.50. The van der Waals surface area contributed by atoms with Crippen LogP contribution in [0.2, 0.25) is 0 Å². The summed E-state index contributed by atoms with van der Waals surface area (Å²) in [5.41, 5.74) is 2.73. The Labute approximate surface area is 159 Å². The lowest BCUT2D eigenvalue weighted by atomic mass is 9.73. The maximum Gasteiger partial charge on any atom is 0.313 e. The Morgan fingerprint density at radius 1 is 1.04 bits per heavy atom. The van der Waals surface area contributed by atoms with Gasteiger partial charge in [-0.2, -0.15) is 0 Å². The van der Waals surface area contributed by atoms with Crippen LogP contribution in [0.1, 0.15) is 48.1 Å². The first-order chi connectivity index (χ1) is 12.5. The maximum atomic E-state index is 12.4. The predicted molar refractivity (Wildman–Crippen MR) is 107 cm³/mol. The Morgan fingerprint density at radius 2 is 1.81 bits per heavy atom. The lowest BCUT2D eigenvalue weighted by Crippen LogP contribution is -2.45. The smallest absolute Gasteiger partial charge is 0.313 e. The number of hydrogen-bond donors (Lipinski definition) is 2. The summed E-state index contributed by atoms with van der Waals surface area (Å²) in [5, 5.41) is 7.71. The van der Waals surface area contributed by atoms with E-state index in [1.165, 1.54) is 24.1 Å². The van der Waals surface area contributed by atoms with Crippen molar-refractivity contribution in [3.63, 3.8) is 0 Å². The first-order valence-electron chi connectivity index (χ1n) is 9.21. The van der Waals surface area contributed by atoms with E-state index in [1.807, 2.05) is 32.0 Å². The Kier molecular flexibility index (Phi) is 5.77. The molecule has 138 valence electrons. The van der Waals surface area contributed by atoms with E-state index in [2.05, 4.69) is 28.1 Å². The monoisotopic (exact) mass is 370 g/mol. The fraction of sp³-hybridized carbons (Fsp3) is 0.429. The number of amides is 2. The van der Waals surface area contributed by atoms with Crippen molar-refractivity contribution >= 4 is 28.8 Å². The molecule has 5 heteroatoms. The molecule has 0 atom stereocenters. The Morgan fingerprint density at radius 3 is 2.50 bits per heavy atom. The number of aryl methyl sites for hydroxylation is 1. The van der Waals surface area contributed by atoms with E-state index >= 15 is 0 Å². The van der Waals surface area contributed by atoms with Gasteiger partial charge in [-0.05, 0) is 55.3 Å². The second kappa shape index (κ2) is 8.04. The highest BCUT2D eigenvalue weighted by Gasteiger charge is 2.35. The minimum Gasteiger partial charge on any atom is -0.347 e. The fourth-order valence-electron chi connectivity index (χ4n) is 3.71. The number of benzene rings is 1. The molecule has 26 heavy (non-hydrogen) atoms. The number of carbonyl (C=O) groups excluding carboxylic acids is 2. The Balaban J connectivity index is 1.65. The van der Waals surface area contributed by atoms with E-state index in [4.69, 9.17) is 0 Å². The lowest BCUT2D eigenvalue weighted by molar-refractivity contribution is -0.136. The molecule has 2 aromatic rings. The van der Waals surface area contributed by atoms with Gasteiger partial charge in [0.2, 0.25) is 0 Å². The zero-order valence-electron chi connectivity index (χ0n) is 15.4. The zero-order valence-corrected chi connectivity index (χ0v) is 16.2. The lowest BCUT2D eigenvalue weighted by Gasteiger charge is -2.36. The van der Waals surface area contributed by atoms with E-state index in [9.17, 15) is 9.59 Å². The molecule has 0 unspecified atom stereocenters. The second-order valence-corrected chi connectivity index (χ2v) is 8.15. The average Bonchev–Trinajstić information content (AvgIpc) is 3.19. The molecule has 0 spiro atoms. The molecule has 2 N–H and O–H groups in total. The summed E-state index contributed by atoms with van der Waals surface area (Å²) in [6.07, 6.45) is 5.71. The number of carbonyl (C=O) groups is 2. The molecule has 4 nitrogen and oxygen atoms in total. The van der Waals surface area contributed by atoms with Crippen molar-refractivity contribution < 1.29 is 9.59 Å². The summed E-state index contributed by atoms with van der Waals surface area (Å²) in [6.45, 7) is 4.45. The van der Waals surface area contributed by atoms with E-state index < -0.39 is 11.8 Å². The molecule has 1 heterocycles. The highest BCUT2D eigenvalue weighted by molar-refractivity contribution is 7.10. The quantitative estimate of drug-likeness (QED) is 0.788. The van der Waals surface area contributed by atoms with Gasteiger partial charge in [-0.1, -0.05) is 37.5 Å². The number of rotatable bonds is 4. The van der Waals surface area contributed by atoms with Crippen LogP contribution in [0.5, 0.6) is 0 Å². The molecule has 1 aliphatic carbocycles. The Hall–Kier alpha value is -2.14. The summed E-state index contributed by atoms with van der Waals surface area (Å²) in [5.74, 6) is -1.16. The van der Waals surface area contributed by atoms with Gasteiger partial charge in [-0.25, -0.2) is 0 Å². The highest BCUT2D eigenvalue weighted by Crippen LogP contribution is 2.41. The van der Waals surface area contributed by atoms with Crippen molar-refractivity contribution in [1.29, 1.82) is 0 Å². The Bertz CT molecular complexity index is 777. The average molecular weight is 371 g/mol. The van der Waals surface area contributed by atoms with Gasteiger partial charge < -0.3 is 10.6 Å². The van der Waals surface area contributed by atoms with Gasteiger partial charge in [0, 0.05) is 22.5 Å². The summed E-state index contributed by atoms with van der Waals surface area (Å²) in [7, 11) is 0. The van der Waals surface area contributed by atoms with Gasteiger partial charge in [0.1, 0.15) is 0 Å². The van der Waals surface area contributed by atoms with Crippen LogP contribution < -0.4 is 10.6 Å². The van der Waals surface area contributed by atoms with Crippen LogP contribution in [-0.2, 0) is 15.0 Å². The third kappa shape index (κ3) is 3.98. The number of anilines is 1. The molecule has 3 rings (SSSR count). The molecule has 0 saturated heterocycles. The van der Waals surface area contributed by atoms with Crippen LogP contribution in [0, 0.1) is 13.8 Å². The molecular weight excluding hydrogens is 344 g/mol. The summed E-state index contributed by atoms with van der Waals surface area (Å²) in [4.78, 5) is 26.0. The van der Waals surface area contributed by atoms with E-state index in [1.54, 1.807) is 11.3 Å². The van der Waals surface area contributed by atoms with Crippen molar-refractivity contribution in [3.05, 3.63) is 51.7 Å². The van der Waals surface area contributed by atoms with Gasteiger partial charge in [-0.3, -0.25) is 9.59 Å². The maximum absolute atomic E-state index is 12.4. The first-order valence-corrected chi connectivity index (χ1v) is 10.1. The van der Waals surface area contributed by atoms with E-state index in [0.29, 0.717) is 12.2 Å². The molecule has 0 aliphatic heterocycles. The van der Waals surface area contributed by atoms with E-state index in [-0.39, 0.29) is 5.41 Å². The molecule has 0 radical (unpaired) electrons. The van der Waals surface area contributed by atoms with Gasteiger partial charge in [0.25, 0.3) is 0 Å². The molecule has 0 bridgehead atoms. The van der Waals surface area contributed by atoms with Gasteiger partial charge in [0.05, 0.1) is 0 Å². The molecule has 1 aliphatic rings. The van der Waals surface area contributed by atoms with Gasteiger partial charge in [0.15, 0.2) is 0 Å². The minimum atomic E-state index is -0.601. The minimum absolute atomic E-state index is 0.0262. The molecule has 2 amide bonds. The van der Waals surface area contributed by atoms with Crippen molar-refractivity contribution in [2.24, 2.45) is 0 Å². The number of nitrogens with one attached hydrogen (secondary N) is 2. The van der Waals surface area contributed by atoms with Gasteiger partial charge >= 0.3 is 11.8 Å². The second-order valence-electron chi connectivity index (χ2n) is 7.20. The van der Waals surface area contributed by atoms with Crippen molar-refractivity contribution in [2.75, 3.05) is 11.9 Å². The SMILES string of the molecule is Cc1cccc(NC(=O)C(=O)NCC2(c3cccs3)CCCCC2)c1C. The third-order valence-corrected chi connectivity index (χ3v) is 6.62. The van der Waals surface area contributed by atoms with Crippen LogP contribution in [-0.4, -0.2) is 18.4 Å². The van der Waals surface area contributed by atoms with Crippen LogP contribution in [0.25, 0.3) is 0 Å². The summed E-state index contributed by atoms with van der Waals surface area (Å²) in [6, 6.07) is 9.90. The van der Waals surface area contributed by atoms with Crippen LogP contribution in [0.15, 0.2) is 35.7 Å². The van der Waals surface area contributed by atoms with Crippen LogP contribution >= 0.6 is 11.3 Å². The van der Waals surface area contributed by atoms with Crippen LogP contribution in [0.3, 0.4) is 0 Å². The standard InChI is InChI=1S/C21H26N2O2S/c1-15-8-6-9-17(16(15)2)23-20(25)19(24)22-14-21(11-4-3-5-12-21)18-10-7-13-26-18/h6-10,13H,3-5,11-12,14H2,1-2H3,(H,22,24)(H,23,25). The number of hydrogen-bond acceptors (Lipinski definition) is 3. The highest BCUT2D eigenvalue weighted by atomic mass is 32.1. The summed E-state index contributed by atoms with van der Waals surface area (Å²) >= 11 is 1.74. The van der Waals surface area contributed by atoms with Crippen molar-refractivity contribution in [1.82, 2.24) is 5.32 Å². The normalized spacial score (nSPS) is 16.1. The van der Waals surface area contributed by atoms with Crippen LogP contribution in [0.4, 0.5) is 5.69 Å². The summed E-state index contributed by atoms with van der Waals surface area (Å²) < 4.78 is 0. The van der Waals surface area contributed by atoms with Crippen molar-refractivity contribution in [2.45, 2.75) is 51.4 Å². The fourth-order valence-corrected chi connectivity index (χ4v) is 4.70. The largest absolute Gasteiger partial charge is 0.347 e.